The Hall–Kier alpha value is -2.17. The predicted molar refractivity (Wildman–Crippen MR) is 79.3 cm³/mol. The van der Waals surface area contributed by atoms with Gasteiger partial charge >= 0.3 is 0 Å². The summed E-state index contributed by atoms with van der Waals surface area (Å²) in [5.41, 5.74) is 3.36. The highest BCUT2D eigenvalue weighted by Crippen LogP contribution is 2.31. The van der Waals surface area contributed by atoms with Gasteiger partial charge in [-0.1, -0.05) is 18.1 Å². The summed E-state index contributed by atoms with van der Waals surface area (Å²) in [4.78, 5) is 18.4. The van der Waals surface area contributed by atoms with Crippen molar-refractivity contribution >= 4 is 11.6 Å². The minimum atomic E-state index is -0.00749. The SMILES string of the molecule is CCc1noc(C2CC(=O)N(c3ccc(C)c(C)c3)C2)n1. The average Bonchev–Trinajstić information content (AvgIpc) is 3.08. The molecule has 0 radical (unpaired) electrons. The molecule has 0 saturated carbocycles. The fourth-order valence-corrected chi connectivity index (χ4v) is 2.59. The van der Waals surface area contributed by atoms with E-state index in [-0.39, 0.29) is 11.8 Å². The van der Waals surface area contributed by atoms with Crippen LogP contribution in [0.3, 0.4) is 0 Å². The molecule has 1 amide bonds. The van der Waals surface area contributed by atoms with E-state index in [0.29, 0.717) is 24.7 Å². The zero-order valence-electron chi connectivity index (χ0n) is 12.6. The van der Waals surface area contributed by atoms with Crippen LogP contribution >= 0.6 is 0 Å². The minimum absolute atomic E-state index is 0.00749. The maximum atomic E-state index is 12.3. The van der Waals surface area contributed by atoms with E-state index in [1.165, 1.54) is 11.1 Å². The number of hydrogen-bond acceptors (Lipinski definition) is 4. The summed E-state index contributed by atoms with van der Waals surface area (Å²) < 4.78 is 5.27. The molecular formula is C16H19N3O2. The van der Waals surface area contributed by atoms with E-state index in [2.05, 4.69) is 30.1 Å². The van der Waals surface area contributed by atoms with Gasteiger partial charge in [0.2, 0.25) is 11.8 Å². The molecule has 5 heteroatoms. The molecule has 1 saturated heterocycles. The molecule has 0 spiro atoms. The van der Waals surface area contributed by atoms with Gasteiger partial charge in [-0.25, -0.2) is 0 Å². The molecule has 21 heavy (non-hydrogen) atoms. The first-order chi connectivity index (χ1) is 10.1. The number of aromatic nitrogens is 2. The monoisotopic (exact) mass is 285 g/mol. The Morgan fingerprint density at radius 2 is 2.14 bits per heavy atom. The lowest BCUT2D eigenvalue weighted by Crippen LogP contribution is -2.24. The smallest absolute Gasteiger partial charge is 0.232 e. The van der Waals surface area contributed by atoms with E-state index in [1.54, 1.807) is 0 Å². The Bertz CT molecular complexity index is 678. The fourth-order valence-electron chi connectivity index (χ4n) is 2.59. The van der Waals surface area contributed by atoms with Crippen molar-refractivity contribution in [3.63, 3.8) is 0 Å². The van der Waals surface area contributed by atoms with Crippen molar-refractivity contribution < 1.29 is 9.32 Å². The Labute approximate surface area is 124 Å². The Morgan fingerprint density at radius 3 is 2.81 bits per heavy atom. The molecule has 3 rings (SSSR count). The Balaban J connectivity index is 1.82. The second-order valence-corrected chi connectivity index (χ2v) is 5.58. The average molecular weight is 285 g/mol. The summed E-state index contributed by atoms with van der Waals surface area (Å²) in [6.07, 6.45) is 1.17. The quantitative estimate of drug-likeness (QED) is 0.870. The lowest BCUT2D eigenvalue weighted by molar-refractivity contribution is -0.117. The largest absolute Gasteiger partial charge is 0.339 e. The van der Waals surface area contributed by atoms with Gasteiger partial charge in [0.1, 0.15) is 0 Å². The van der Waals surface area contributed by atoms with Crippen LogP contribution in [0.2, 0.25) is 0 Å². The van der Waals surface area contributed by atoms with E-state index in [9.17, 15) is 4.79 Å². The third kappa shape index (κ3) is 2.55. The number of anilines is 1. The second-order valence-electron chi connectivity index (χ2n) is 5.58. The summed E-state index contributed by atoms with van der Waals surface area (Å²) in [6, 6.07) is 6.10. The van der Waals surface area contributed by atoms with Crippen molar-refractivity contribution in [2.24, 2.45) is 0 Å². The molecule has 1 unspecified atom stereocenters. The molecule has 0 N–H and O–H groups in total. The zero-order valence-corrected chi connectivity index (χ0v) is 12.6. The summed E-state index contributed by atoms with van der Waals surface area (Å²) in [7, 11) is 0. The van der Waals surface area contributed by atoms with Crippen molar-refractivity contribution in [1.29, 1.82) is 0 Å². The zero-order chi connectivity index (χ0) is 15.0. The first kappa shape index (κ1) is 13.8. The summed E-state index contributed by atoms with van der Waals surface area (Å²) in [6.45, 7) is 6.71. The number of amides is 1. The lowest BCUT2D eigenvalue weighted by Gasteiger charge is -2.17. The third-order valence-corrected chi connectivity index (χ3v) is 4.08. The van der Waals surface area contributed by atoms with Gasteiger partial charge in [0.05, 0.1) is 5.92 Å². The third-order valence-electron chi connectivity index (χ3n) is 4.08. The highest BCUT2D eigenvalue weighted by atomic mass is 16.5. The van der Waals surface area contributed by atoms with Gasteiger partial charge in [-0.15, -0.1) is 0 Å². The molecule has 1 fully saturated rings. The van der Waals surface area contributed by atoms with E-state index in [4.69, 9.17) is 4.52 Å². The fraction of sp³-hybridized carbons (Fsp3) is 0.438. The molecule has 1 aliphatic heterocycles. The van der Waals surface area contributed by atoms with Crippen LogP contribution in [0, 0.1) is 13.8 Å². The maximum absolute atomic E-state index is 12.3. The number of carbonyl (C=O) groups is 1. The minimum Gasteiger partial charge on any atom is -0.339 e. The number of rotatable bonds is 3. The standard InChI is InChI=1S/C16H19N3O2/c1-4-14-17-16(21-18-14)12-8-15(20)19(9-12)13-6-5-10(2)11(3)7-13/h5-7,12H,4,8-9H2,1-3H3. The van der Waals surface area contributed by atoms with Crippen LogP contribution in [-0.2, 0) is 11.2 Å². The van der Waals surface area contributed by atoms with Crippen molar-refractivity contribution in [1.82, 2.24) is 10.1 Å². The van der Waals surface area contributed by atoms with Crippen LogP contribution in [0.1, 0.15) is 42.1 Å². The van der Waals surface area contributed by atoms with Gasteiger partial charge in [0.25, 0.3) is 0 Å². The topological polar surface area (TPSA) is 59.2 Å². The van der Waals surface area contributed by atoms with Crippen LogP contribution in [0.25, 0.3) is 0 Å². The van der Waals surface area contributed by atoms with Crippen molar-refractivity contribution in [2.75, 3.05) is 11.4 Å². The molecule has 5 nitrogen and oxygen atoms in total. The first-order valence-corrected chi connectivity index (χ1v) is 7.28. The summed E-state index contributed by atoms with van der Waals surface area (Å²) in [5, 5.41) is 3.91. The van der Waals surface area contributed by atoms with E-state index < -0.39 is 0 Å². The van der Waals surface area contributed by atoms with Gasteiger partial charge in [-0.3, -0.25) is 4.79 Å². The van der Waals surface area contributed by atoms with Crippen LogP contribution in [0.5, 0.6) is 0 Å². The molecule has 2 heterocycles. The highest BCUT2D eigenvalue weighted by Gasteiger charge is 2.35. The summed E-state index contributed by atoms with van der Waals surface area (Å²) >= 11 is 0. The van der Waals surface area contributed by atoms with Gasteiger partial charge in [-0.2, -0.15) is 4.98 Å². The van der Waals surface area contributed by atoms with Gasteiger partial charge in [0, 0.05) is 25.1 Å². The second kappa shape index (κ2) is 5.31. The number of hydrogen-bond donors (Lipinski definition) is 0. The normalized spacial score (nSPS) is 18.5. The number of carbonyl (C=O) groups excluding carboxylic acids is 1. The van der Waals surface area contributed by atoms with E-state index in [0.717, 1.165) is 12.1 Å². The molecule has 1 aromatic carbocycles. The van der Waals surface area contributed by atoms with Crippen molar-refractivity contribution in [3.8, 4) is 0 Å². The highest BCUT2D eigenvalue weighted by molar-refractivity contribution is 5.96. The Kier molecular flexibility index (Phi) is 3.49. The van der Waals surface area contributed by atoms with Crippen LogP contribution < -0.4 is 4.90 Å². The summed E-state index contributed by atoms with van der Waals surface area (Å²) in [5.74, 6) is 1.38. The maximum Gasteiger partial charge on any atom is 0.232 e. The van der Waals surface area contributed by atoms with E-state index >= 15 is 0 Å². The molecule has 0 aliphatic carbocycles. The van der Waals surface area contributed by atoms with Crippen LogP contribution in [0.4, 0.5) is 5.69 Å². The predicted octanol–water partition coefficient (Wildman–Crippen LogP) is 2.77. The van der Waals surface area contributed by atoms with Gasteiger partial charge in [0.15, 0.2) is 5.82 Å². The molecule has 1 aromatic heterocycles. The van der Waals surface area contributed by atoms with Gasteiger partial charge < -0.3 is 9.42 Å². The first-order valence-electron chi connectivity index (χ1n) is 7.28. The molecule has 1 atom stereocenters. The number of benzene rings is 1. The van der Waals surface area contributed by atoms with E-state index in [1.807, 2.05) is 24.0 Å². The molecular weight excluding hydrogens is 266 g/mol. The molecule has 2 aromatic rings. The van der Waals surface area contributed by atoms with Crippen molar-refractivity contribution in [3.05, 3.63) is 41.0 Å². The Morgan fingerprint density at radius 1 is 1.33 bits per heavy atom. The number of nitrogens with zero attached hydrogens (tertiary/aromatic N) is 3. The molecule has 0 bridgehead atoms. The molecule has 1 aliphatic rings. The van der Waals surface area contributed by atoms with Crippen LogP contribution in [0.15, 0.2) is 22.7 Å². The lowest BCUT2D eigenvalue weighted by atomic mass is 10.1. The molecule has 110 valence electrons. The number of aryl methyl sites for hydroxylation is 3. The van der Waals surface area contributed by atoms with Crippen LogP contribution in [-0.4, -0.2) is 22.6 Å². The van der Waals surface area contributed by atoms with Crippen molar-refractivity contribution in [2.45, 2.75) is 39.5 Å². The van der Waals surface area contributed by atoms with Gasteiger partial charge in [-0.05, 0) is 37.1 Å².